The number of hydrogen-bond donors (Lipinski definition) is 1. The molecule has 0 bridgehead atoms. The van der Waals surface area contributed by atoms with E-state index in [4.69, 9.17) is 16.3 Å². The third kappa shape index (κ3) is 4.30. The smallest absolute Gasteiger partial charge is 0.270 e. The number of fused-ring (bicyclic) bond motifs is 2. The number of rotatable bonds is 5. The van der Waals surface area contributed by atoms with Gasteiger partial charge in [0.1, 0.15) is 5.75 Å². The van der Waals surface area contributed by atoms with Crippen molar-refractivity contribution in [1.29, 1.82) is 0 Å². The van der Waals surface area contributed by atoms with E-state index in [1.165, 1.54) is 18.9 Å². The summed E-state index contributed by atoms with van der Waals surface area (Å²) in [6.07, 6.45) is 0.571. The van der Waals surface area contributed by atoms with Crippen LogP contribution >= 0.6 is 23.4 Å². The van der Waals surface area contributed by atoms with Gasteiger partial charge in [-0.25, -0.2) is 0 Å². The van der Waals surface area contributed by atoms with Crippen molar-refractivity contribution in [1.82, 2.24) is 10.3 Å². The quantitative estimate of drug-likeness (QED) is 0.652. The second-order valence-corrected chi connectivity index (χ2v) is 9.41. The number of amidine groups is 1. The molecule has 1 spiro atoms. The van der Waals surface area contributed by atoms with Crippen LogP contribution in [0.3, 0.4) is 0 Å². The third-order valence-electron chi connectivity index (χ3n) is 5.27. The number of aryl methyl sites for hydroxylation is 1. The Morgan fingerprint density at radius 1 is 1.18 bits per heavy atom. The van der Waals surface area contributed by atoms with Crippen LogP contribution in [0, 0.1) is 6.92 Å². The molecule has 2 aromatic carbocycles. The Labute approximate surface area is 200 Å². The number of halogens is 1. The van der Waals surface area contributed by atoms with Crippen molar-refractivity contribution in [3.05, 3.63) is 58.6 Å². The molecule has 8 nitrogen and oxygen atoms in total. The van der Waals surface area contributed by atoms with Crippen LogP contribution in [-0.4, -0.2) is 41.0 Å². The summed E-state index contributed by atoms with van der Waals surface area (Å²) in [5.41, 5.74) is 2.34. The molecule has 2 heterocycles. The number of thioether (sulfide) groups is 1. The SMILES string of the molecule is CC(=O)NC1=NN(C(C)=O)[C@@]2(S1)C(=O)N(CCCOc1ccc(Cl)cc1)c1ccc(C)cc12. The van der Waals surface area contributed by atoms with Crippen molar-refractivity contribution < 1.29 is 19.1 Å². The van der Waals surface area contributed by atoms with Crippen LogP contribution in [0.1, 0.15) is 31.4 Å². The van der Waals surface area contributed by atoms with Crippen molar-refractivity contribution in [3.63, 3.8) is 0 Å². The maximum absolute atomic E-state index is 13.8. The van der Waals surface area contributed by atoms with Crippen molar-refractivity contribution in [3.8, 4) is 5.75 Å². The molecular formula is C23H23ClN4O4S. The van der Waals surface area contributed by atoms with Gasteiger partial charge in [0.2, 0.25) is 16.7 Å². The van der Waals surface area contributed by atoms with E-state index >= 15 is 0 Å². The molecule has 2 aromatic rings. The van der Waals surface area contributed by atoms with Gasteiger partial charge in [-0.2, -0.15) is 5.01 Å². The predicted octanol–water partition coefficient (Wildman–Crippen LogP) is 3.62. The summed E-state index contributed by atoms with van der Waals surface area (Å²) >= 11 is 6.98. The van der Waals surface area contributed by atoms with Crippen LogP contribution in [0.4, 0.5) is 5.69 Å². The van der Waals surface area contributed by atoms with E-state index in [0.29, 0.717) is 35.9 Å². The normalized spacial score (nSPS) is 19.0. The minimum Gasteiger partial charge on any atom is -0.494 e. The molecular weight excluding hydrogens is 464 g/mol. The molecule has 0 saturated heterocycles. The maximum Gasteiger partial charge on any atom is 0.270 e. The largest absolute Gasteiger partial charge is 0.494 e. The fraction of sp³-hybridized carbons (Fsp3) is 0.304. The summed E-state index contributed by atoms with van der Waals surface area (Å²) in [6.45, 7) is 5.43. The van der Waals surface area contributed by atoms with Crippen LogP contribution in [0.2, 0.25) is 5.02 Å². The number of anilines is 1. The maximum atomic E-state index is 13.8. The zero-order valence-electron chi connectivity index (χ0n) is 18.4. The summed E-state index contributed by atoms with van der Waals surface area (Å²) in [5, 5.41) is 8.90. The number of nitrogens with zero attached hydrogens (tertiary/aromatic N) is 3. The van der Waals surface area contributed by atoms with Gasteiger partial charge >= 0.3 is 0 Å². The molecule has 1 N–H and O–H groups in total. The molecule has 172 valence electrons. The summed E-state index contributed by atoms with van der Waals surface area (Å²) in [7, 11) is 0. The molecule has 0 aromatic heterocycles. The van der Waals surface area contributed by atoms with Gasteiger partial charge in [0.15, 0.2) is 5.17 Å². The highest BCUT2D eigenvalue weighted by molar-refractivity contribution is 8.15. The first kappa shape index (κ1) is 23.1. The standard InChI is InChI=1S/C23H23ClN4O4S/c1-14-5-10-20-19(13-14)23(28(16(3)30)26-22(33-23)25-15(2)29)21(31)27(20)11-4-12-32-18-8-6-17(24)7-9-18/h5-10,13H,4,11-12H2,1-3H3,(H,25,26,29)/t23-/m0/s1. The van der Waals surface area contributed by atoms with E-state index < -0.39 is 10.8 Å². The summed E-state index contributed by atoms with van der Waals surface area (Å²) < 4.78 is 5.76. The van der Waals surface area contributed by atoms with Gasteiger partial charge in [-0.15, -0.1) is 5.10 Å². The number of ether oxygens (including phenoxy) is 1. The summed E-state index contributed by atoms with van der Waals surface area (Å²) in [5.74, 6) is -0.300. The van der Waals surface area contributed by atoms with E-state index in [1.54, 1.807) is 29.2 Å². The lowest BCUT2D eigenvalue weighted by molar-refractivity contribution is -0.139. The molecule has 2 aliphatic heterocycles. The van der Waals surface area contributed by atoms with Gasteiger partial charge in [-0.1, -0.05) is 29.3 Å². The van der Waals surface area contributed by atoms with Crippen molar-refractivity contribution >= 4 is 51.9 Å². The van der Waals surface area contributed by atoms with Crippen molar-refractivity contribution in [2.75, 3.05) is 18.1 Å². The topological polar surface area (TPSA) is 91.3 Å². The molecule has 1 atom stereocenters. The number of benzene rings is 2. The van der Waals surface area contributed by atoms with Crippen LogP contribution in [-0.2, 0) is 19.3 Å². The first-order chi connectivity index (χ1) is 15.7. The van der Waals surface area contributed by atoms with Gasteiger partial charge < -0.3 is 15.0 Å². The van der Waals surface area contributed by atoms with Gasteiger partial charge in [-0.3, -0.25) is 14.4 Å². The Kier molecular flexibility index (Phi) is 6.36. The molecule has 33 heavy (non-hydrogen) atoms. The highest BCUT2D eigenvalue weighted by Crippen LogP contribution is 2.54. The zero-order valence-corrected chi connectivity index (χ0v) is 20.0. The predicted molar refractivity (Wildman–Crippen MR) is 128 cm³/mol. The highest BCUT2D eigenvalue weighted by Gasteiger charge is 2.61. The number of carbonyl (C=O) groups is 3. The molecule has 3 amide bonds. The van der Waals surface area contributed by atoms with Gasteiger partial charge in [0.25, 0.3) is 5.91 Å². The van der Waals surface area contributed by atoms with Crippen LogP contribution in [0.15, 0.2) is 47.6 Å². The van der Waals surface area contributed by atoms with E-state index in [0.717, 1.165) is 23.0 Å². The zero-order chi connectivity index (χ0) is 23.8. The fourth-order valence-electron chi connectivity index (χ4n) is 3.89. The monoisotopic (exact) mass is 486 g/mol. The first-order valence-electron chi connectivity index (χ1n) is 10.4. The van der Waals surface area contributed by atoms with E-state index in [9.17, 15) is 14.4 Å². The molecule has 0 saturated carbocycles. The van der Waals surface area contributed by atoms with Gasteiger partial charge in [-0.05, 0) is 55.4 Å². The summed E-state index contributed by atoms with van der Waals surface area (Å²) in [6, 6.07) is 12.8. The Morgan fingerprint density at radius 3 is 2.58 bits per heavy atom. The van der Waals surface area contributed by atoms with Crippen LogP contribution in [0.25, 0.3) is 0 Å². The van der Waals surface area contributed by atoms with Crippen LogP contribution < -0.4 is 15.0 Å². The lowest BCUT2D eigenvalue weighted by Gasteiger charge is -2.29. The number of nitrogens with one attached hydrogen (secondary N) is 1. The molecule has 0 aliphatic carbocycles. The number of hydrazone groups is 1. The third-order valence-corrected chi connectivity index (χ3v) is 6.76. The second-order valence-electron chi connectivity index (χ2n) is 7.80. The van der Waals surface area contributed by atoms with E-state index in [1.807, 2.05) is 25.1 Å². The lowest BCUT2D eigenvalue weighted by Crippen LogP contribution is -2.48. The van der Waals surface area contributed by atoms with Gasteiger partial charge in [0.05, 0.1) is 12.3 Å². The Hall–Kier alpha value is -3.04. The Balaban J connectivity index is 1.58. The minimum absolute atomic E-state index is 0.214. The molecule has 4 rings (SSSR count). The minimum atomic E-state index is -1.39. The van der Waals surface area contributed by atoms with Crippen LogP contribution in [0.5, 0.6) is 5.75 Å². The van der Waals surface area contributed by atoms with Gasteiger partial charge in [0, 0.05) is 31.0 Å². The molecule has 10 heteroatoms. The lowest BCUT2D eigenvalue weighted by atomic mass is 10.0. The van der Waals surface area contributed by atoms with Crippen molar-refractivity contribution in [2.45, 2.75) is 32.1 Å². The average molecular weight is 487 g/mol. The Morgan fingerprint density at radius 2 is 1.91 bits per heavy atom. The van der Waals surface area contributed by atoms with E-state index in [2.05, 4.69) is 10.4 Å². The average Bonchev–Trinajstić information content (AvgIpc) is 3.24. The number of hydrogen-bond acceptors (Lipinski definition) is 6. The second kappa shape index (κ2) is 9.07. The fourth-order valence-corrected chi connectivity index (χ4v) is 5.34. The Bertz CT molecular complexity index is 1150. The molecule has 0 unspecified atom stereocenters. The van der Waals surface area contributed by atoms with Crippen molar-refractivity contribution in [2.24, 2.45) is 5.10 Å². The number of carbonyl (C=O) groups excluding carboxylic acids is 3. The molecule has 2 aliphatic rings. The summed E-state index contributed by atoms with van der Waals surface area (Å²) in [4.78, 5) is 38.2. The van der Waals surface area contributed by atoms with E-state index in [-0.39, 0.29) is 17.0 Å². The highest BCUT2D eigenvalue weighted by atomic mass is 35.5. The molecule has 0 radical (unpaired) electrons. The number of amides is 3. The first-order valence-corrected chi connectivity index (χ1v) is 11.6. The molecule has 0 fully saturated rings.